The smallest absolute Gasteiger partial charge is 0.261 e. The number of anilines is 1. The van der Waals surface area contributed by atoms with Crippen molar-refractivity contribution >= 4 is 21.6 Å². The Bertz CT molecular complexity index is 867. The van der Waals surface area contributed by atoms with E-state index in [4.69, 9.17) is 0 Å². The summed E-state index contributed by atoms with van der Waals surface area (Å²) in [6.45, 7) is 4.86. The van der Waals surface area contributed by atoms with Crippen LogP contribution in [0.5, 0.6) is 0 Å². The molecule has 1 heterocycles. The van der Waals surface area contributed by atoms with Crippen LogP contribution in [-0.4, -0.2) is 44.9 Å². The third-order valence-corrected chi connectivity index (χ3v) is 6.25. The SMILES string of the molecule is CCN1CCCC1CNC(=O)c1ccc(NS(=O)(=O)c2ccccc2)cc1. The maximum Gasteiger partial charge on any atom is 0.261 e. The monoisotopic (exact) mass is 387 g/mol. The quantitative estimate of drug-likeness (QED) is 0.766. The largest absolute Gasteiger partial charge is 0.350 e. The van der Waals surface area contributed by atoms with E-state index in [0.29, 0.717) is 23.8 Å². The molecule has 0 saturated carbocycles. The molecule has 0 aromatic heterocycles. The lowest BCUT2D eigenvalue weighted by molar-refractivity contribution is 0.0941. The van der Waals surface area contributed by atoms with Crippen molar-refractivity contribution in [3.05, 3.63) is 60.2 Å². The van der Waals surface area contributed by atoms with Gasteiger partial charge < -0.3 is 5.32 Å². The lowest BCUT2D eigenvalue weighted by Crippen LogP contribution is -2.40. The van der Waals surface area contributed by atoms with Crippen molar-refractivity contribution in [2.24, 2.45) is 0 Å². The summed E-state index contributed by atoms with van der Waals surface area (Å²) in [4.78, 5) is 14.9. The highest BCUT2D eigenvalue weighted by molar-refractivity contribution is 7.92. The second-order valence-corrected chi connectivity index (χ2v) is 8.31. The molecule has 1 aliphatic rings. The highest BCUT2D eigenvalue weighted by Gasteiger charge is 2.23. The molecule has 7 heteroatoms. The first-order valence-corrected chi connectivity index (χ1v) is 10.7. The number of nitrogens with zero attached hydrogens (tertiary/aromatic N) is 1. The van der Waals surface area contributed by atoms with Crippen LogP contribution in [0.25, 0.3) is 0 Å². The number of carbonyl (C=O) groups is 1. The Labute approximate surface area is 160 Å². The second-order valence-electron chi connectivity index (χ2n) is 6.63. The average Bonchev–Trinajstić information content (AvgIpc) is 3.15. The molecule has 27 heavy (non-hydrogen) atoms. The van der Waals surface area contributed by atoms with Crippen LogP contribution < -0.4 is 10.0 Å². The van der Waals surface area contributed by atoms with E-state index in [9.17, 15) is 13.2 Å². The Balaban J connectivity index is 1.59. The number of benzene rings is 2. The first kappa shape index (κ1) is 19.4. The molecule has 2 aromatic carbocycles. The number of rotatable bonds is 7. The fourth-order valence-electron chi connectivity index (χ4n) is 3.36. The lowest BCUT2D eigenvalue weighted by Gasteiger charge is -2.22. The highest BCUT2D eigenvalue weighted by atomic mass is 32.2. The third kappa shape index (κ3) is 4.87. The minimum absolute atomic E-state index is 0.143. The molecule has 0 radical (unpaired) electrons. The summed E-state index contributed by atoms with van der Waals surface area (Å²) in [6, 6.07) is 15.0. The fourth-order valence-corrected chi connectivity index (χ4v) is 4.44. The molecule has 1 aliphatic heterocycles. The van der Waals surface area contributed by atoms with Gasteiger partial charge in [0.25, 0.3) is 15.9 Å². The lowest BCUT2D eigenvalue weighted by atomic mass is 10.1. The first-order valence-electron chi connectivity index (χ1n) is 9.20. The van der Waals surface area contributed by atoms with Gasteiger partial charge in [-0.25, -0.2) is 8.42 Å². The molecule has 0 bridgehead atoms. The van der Waals surface area contributed by atoms with Crippen molar-refractivity contribution in [1.29, 1.82) is 0 Å². The maximum atomic E-state index is 12.3. The van der Waals surface area contributed by atoms with Crippen LogP contribution >= 0.6 is 0 Å². The Morgan fingerprint density at radius 2 is 1.81 bits per heavy atom. The van der Waals surface area contributed by atoms with E-state index < -0.39 is 10.0 Å². The van der Waals surface area contributed by atoms with Crippen molar-refractivity contribution in [3.63, 3.8) is 0 Å². The number of amides is 1. The number of carbonyl (C=O) groups excluding carboxylic acids is 1. The Morgan fingerprint density at radius 1 is 1.11 bits per heavy atom. The van der Waals surface area contributed by atoms with E-state index in [1.807, 2.05) is 0 Å². The Hall–Kier alpha value is -2.38. The summed E-state index contributed by atoms with van der Waals surface area (Å²) in [5.74, 6) is -0.143. The minimum atomic E-state index is -3.63. The van der Waals surface area contributed by atoms with E-state index in [0.717, 1.165) is 19.5 Å². The molecule has 1 fully saturated rings. The predicted octanol–water partition coefficient (Wildman–Crippen LogP) is 2.70. The van der Waals surface area contributed by atoms with Crippen molar-refractivity contribution in [1.82, 2.24) is 10.2 Å². The Kier molecular flexibility index (Phi) is 6.13. The zero-order chi connectivity index (χ0) is 19.3. The molecular formula is C20H25N3O3S. The molecule has 144 valence electrons. The zero-order valence-corrected chi connectivity index (χ0v) is 16.2. The van der Waals surface area contributed by atoms with Gasteiger partial charge in [-0.05, 0) is 62.3 Å². The second kappa shape index (κ2) is 8.54. The van der Waals surface area contributed by atoms with Crippen LogP contribution in [0, 0.1) is 0 Å². The van der Waals surface area contributed by atoms with Crippen molar-refractivity contribution < 1.29 is 13.2 Å². The van der Waals surface area contributed by atoms with Gasteiger partial charge in [-0.3, -0.25) is 14.4 Å². The summed E-state index contributed by atoms with van der Waals surface area (Å²) >= 11 is 0. The van der Waals surface area contributed by atoms with Gasteiger partial charge in [0.2, 0.25) is 0 Å². The van der Waals surface area contributed by atoms with E-state index in [2.05, 4.69) is 21.9 Å². The number of nitrogens with one attached hydrogen (secondary N) is 2. The van der Waals surface area contributed by atoms with Gasteiger partial charge in [0.05, 0.1) is 4.90 Å². The van der Waals surface area contributed by atoms with E-state index in [1.165, 1.54) is 18.6 Å². The van der Waals surface area contributed by atoms with Gasteiger partial charge in [-0.1, -0.05) is 25.1 Å². The van der Waals surface area contributed by atoms with Crippen LogP contribution in [0.2, 0.25) is 0 Å². The summed E-state index contributed by atoms with van der Waals surface area (Å²) in [7, 11) is -3.63. The fraction of sp³-hybridized carbons (Fsp3) is 0.350. The van der Waals surface area contributed by atoms with Crippen LogP contribution in [-0.2, 0) is 10.0 Å². The summed E-state index contributed by atoms with van der Waals surface area (Å²) in [5, 5.41) is 2.98. The van der Waals surface area contributed by atoms with Crippen molar-refractivity contribution in [2.45, 2.75) is 30.7 Å². The predicted molar refractivity (Wildman–Crippen MR) is 106 cm³/mol. The molecular weight excluding hydrogens is 362 g/mol. The van der Waals surface area contributed by atoms with Gasteiger partial charge in [0.1, 0.15) is 0 Å². The van der Waals surface area contributed by atoms with Crippen LogP contribution in [0.1, 0.15) is 30.1 Å². The first-order chi connectivity index (χ1) is 13.0. The van der Waals surface area contributed by atoms with Gasteiger partial charge in [-0.15, -0.1) is 0 Å². The molecule has 3 rings (SSSR count). The van der Waals surface area contributed by atoms with Crippen LogP contribution in [0.4, 0.5) is 5.69 Å². The number of sulfonamides is 1. The zero-order valence-electron chi connectivity index (χ0n) is 15.4. The maximum absolute atomic E-state index is 12.3. The topological polar surface area (TPSA) is 78.5 Å². The normalized spacial score (nSPS) is 17.6. The average molecular weight is 388 g/mol. The standard InChI is InChI=1S/C20H25N3O3S/c1-2-23-14-6-7-18(23)15-21-20(24)16-10-12-17(13-11-16)22-27(25,26)19-8-4-3-5-9-19/h3-5,8-13,18,22H,2,6-7,14-15H2,1H3,(H,21,24). The van der Waals surface area contributed by atoms with Gasteiger partial charge in [0, 0.05) is 23.8 Å². The number of hydrogen-bond donors (Lipinski definition) is 2. The molecule has 1 unspecified atom stereocenters. The summed E-state index contributed by atoms with van der Waals surface area (Å²) < 4.78 is 27.2. The van der Waals surface area contributed by atoms with Gasteiger partial charge >= 0.3 is 0 Å². The Morgan fingerprint density at radius 3 is 2.48 bits per heavy atom. The van der Waals surface area contributed by atoms with Gasteiger partial charge in [0.15, 0.2) is 0 Å². The van der Waals surface area contributed by atoms with E-state index in [1.54, 1.807) is 42.5 Å². The van der Waals surface area contributed by atoms with E-state index >= 15 is 0 Å². The van der Waals surface area contributed by atoms with Crippen molar-refractivity contribution in [2.75, 3.05) is 24.4 Å². The number of likely N-dealkylation sites (N-methyl/N-ethyl adjacent to an activating group) is 1. The summed E-state index contributed by atoms with van der Waals surface area (Å²) in [5.41, 5.74) is 0.932. The molecule has 1 atom stereocenters. The molecule has 2 N–H and O–H groups in total. The van der Waals surface area contributed by atoms with Gasteiger partial charge in [-0.2, -0.15) is 0 Å². The minimum Gasteiger partial charge on any atom is -0.350 e. The molecule has 0 spiro atoms. The molecule has 6 nitrogen and oxygen atoms in total. The third-order valence-electron chi connectivity index (χ3n) is 4.86. The number of likely N-dealkylation sites (tertiary alicyclic amines) is 1. The highest BCUT2D eigenvalue weighted by Crippen LogP contribution is 2.17. The number of hydrogen-bond acceptors (Lipinski definition) is 4. The van der Waals surface area contributed by atoms with Crippen LogP contribution in [0.3, 0.4) is 0 Å². The molecule has 0 aliphatic carbocycles. The molecule has 1 saturated heterocycles. The van der Waals surface area contributed by atoms with Crippen LogP contribution in [0.15, 0.2) is 59.5 Å². The van der Waals surface area contributed by atoms with E-state index in [-0.39, 0.29) is 10.8 Å². The molecule has 2 aromatic rings. The summed E-state index contributed by atoms with van der Waals surface area (Å²) in [6.07, 6.45) is 2.28. The van der Waals surface area contributed by atoms with Crippen molar-refractivity contribution in [3.8, 4) is 0 Å². The molecule has 1 amide bonds.